The maximum Gasteiger partial charge on any atom is 0.416 e. The van der Waals surface area contributed by atoms with Gasteiger partial charge >= 0.3 is 6.18 Å². The fourth-order valence-corrected chi connectivity index (χ4v) is 4.17. The van der Waals surface area contributed by atoms with Crippen LogP contribution < -0.4 is 10.2 Å². The van der Waals surface area contributed by atoms with Gasteiger partial charge in [0.15, 0.2) is 0 Å². The second kappa shape index (κ2) is 10.6. The minimum Gasteiger partial charge on any atom is -0.368 e. The Morgan fingerprint density at radius 1 is 0.829 bits per heavy atom. The highest BCUT2D eigenvalue weighted by atomic mass is 19.4. The van der Waals surface area contributed by atoms with Crippen molar-refractivity contribution in [3.8, 4) is 0 Å². The number of hydrogen-bond donors (Lipinski definition) is 1. The Labute approximate surface area is 202 Å². The highest BCUT2D eigenvalue weighted by molar-refractivity contribution is 5.94. The molecule has 3 aromatic carbocycles. The SMILES string of the molecule is O=C(NC(CC(=O)N1CCN(c2cccc(C(F)(F)F)c2)CC1)c1ccccc1)c1ccccc1. The molecule has 1 atom stereocenters. The van der Waals surface area contributed by atoms with Crippen LogP contribution in [0.1, 0.15) is 33.9 Å². The highest BCUT2D eigenvalue weighted by Crippen LogP contribution is 2.32. The van der Waals surface area contributed by atoms with Crippen molar-refractivity contribution in [1.82, 2.24) is 10.2 Å². The van der Waals surface area contributed by atoms with Crippen LogP contribution in [0.2, 0.25) is 0 Å². The molecule has 1 unspecified atom stereocenters. The fraction of sp³-hybridized carbons (Fsp3) is 0.259. The molecule has 1 N–H and O–H groups in total. The lowest BCUT2D eigenvalue weighted by atomic mass is 10.0. The van der Waals surface area contributed by atoms with Crippen molar-refractivity contribution >= 4 is 17.5 Å². The van der Waals surface area contributed by atoms with E-state index in [1.54, 1.807) is 35.2 Å². The van der Waals surface area contributed by atoms with Crippen molar-refractivity contribution in [1.29, 1.82) is 0 Å². The third kappa shape index (κ3) is 6.20. The van der Waals surface area contributed by atoms with Gasteiger partial charge in [-0.15, -0.1) is 0 Å². The second-order valence-electron chi connectivity index (χ2n) is 8.42. The maximum absolute atomic E-state index is 13.1. The summed E-state index contributed by atoms with van der Waals surface area (Å²) in [6, 6.07) is 22.9. The predicted octanol–water partition coefficient (Wildman–Crippen LogP) is 4.92. The molecule has 0 aliphatic carbocycles. The lowest BCUT2D eigenvalue weighted by molar-refractivity contribution is -0.137. The molecular weight excluding hydrogens is 455 g/mol. The molecule has 1 aliphatic rings. The maximum atomic E-state index is 13.1. The van der Waals surface area contributed by atoms with Gasteiger partial charge in [-0.1, -0.05) is 54.6 Å². The van der Waals surface area contributed by atoms with Crippen LogP contribution in [0.5, 0.6) is 0 Å². The van der Waals surface area contributed by atoms with Crippen LogP contribution in [0.3, 0.4) is 0 Å². The van der Waals surface area contributed by atoms with E-state index in [-0.39, 0.29) is 18.2 Å². The molecule has 182 valence electrons. The molecule has 0 radical (unpaired) electrons. The van der Waals surface area contributed by atoms with Crippen molar-refractivity contribution in [3.63, 3.8) is 0 Å². The monoisotopic (exact) mass is 481 g/mol. The van der Waals surface area contributed by atoms with Gasteiger partial charge in [-0.05, 0) is 35.9 Å². The van der Waals surface area contributed by atoms with Crippen molar-refractivity contribution in [2.24, 2.45) is 0 Å². The summed E-state index contributed by atoms with van der Waals surface area (Å²) in [5, 5.41) is 2.97. The van der Waals surface area contributed by atoms with E-state index >= 15 is 0 Å². The first-order chi connectivity index (χ1) is 16.8. The number of rotatable bonds is 6. The number of nitrogens with one attached hydrogen (secondary N) is 1. The Bertz CT molecular complexity index is 1150. The van der Waals surface area contributed by atoms with E-state index < -0.39 is 17.8 Å². The average Bonchev–Trinajstić information content (AvgIpc) is 2.89. The molecule has 1 saturated heterocycles. The van der Waals surface area contributed by atoms with Gasteiger partial charge in [0.1, 0.15) is 0 Å². The van der Waals surface area contributed by atoms with E-state index in [0.29, 0.717) is 37.4 Å². The van der Waals surface area contributed by atoms with Crippen LogP contribution >= 0.6 is 0 Å². The number of nitrogens with zero attached hydrogens (tertiary/aromatic N) is 2. The van der Waals surface area contributed by atoms with Gasteiger partial charge in [0.2, 0.25) is 5.91 Å². The zero-order valence-corrected chi connectivity index (χ0v) is 19.0. The molecule has 0 spiro atoms. The Morgan fingerprint density at radius 3 is 2.09 bits per heavy atom. The number of carbonyl (C=O) groups excluding carboxylic acids is 2. The van der Waals surface area contributed by atoms with Crippen LogP contribution in [-0.4, -0.2) is 42.9 Å². The Kier molecular flexibility index (Phi) is 7.39. The molecule has 0 aromatic heterocycles. The molecule has 2 amide bonds. The third-order valence-electron chi connectivity index (χ3n) is 6.09. The summed E-state index contributed by atoms with van der Waals surface area (Å²) < 4.78 is 39.2. The molecule has 0 saturated carbocycles. The van der Waals surface area contributed by atoms with Crippen LogP contribution in [0.25, 0.3) is 0 Å². The lowest BCUT2D eigenvalue weighted by Gasteiger charge is -2.37. The smallest absolute Gasteiger partial charge is 0.368 e. The number of alkyl halides is 3. The van der Waals surface area contributed by atoms with Gasteiger partial charge in [0.05, 0.1) is 18.0 Å². The quantitative estimate of drug-likeness (QED) is 0.544. The fourth-order valence-electron chi connectivity index (χ4n) is 4.17. The zero-order chi connectivity index (χ0) is 24.8. The largest absolute Gasteiger partial charge is 0.416 e. The van der Waals surface area contributed by atoms with Crippen molar-refractivity contribution in [2.45, 2.75) is 18.6 Å². The number of amides is 2. The number of halogens is 3. The van der Waals surface area contributed by atoms with Gasteiger partial charge in [0, 0.05) is 37.4 Å². The highest BCUT2D eigenvalue weighted by Gasteiger charge is 2.31. The molecule has 35 heavy (non-hydrogen) atoms. The molecule has 4 rings (SSSR count). The van der Waals surface area contributed by atoms with Gasteiger partial charge in [-0.25, -0.2) is 0 Å². The minimum absolute atomic E-state index is 0.0894. The Morgan fingerprint density at radius 2 is 1.46 bits per heavy atom. The number of benzene rings is 3. The zero-order valence-electron chi connectivity index (χ0n) is 19.0. The van der Waals surface area contributed by atoms with Crippen LogP contribution in [0.4, 0.5) is 18.9 Å². The van der Waals surface area contributed by atoms with Gasteiger partial charge in [-0.2, -0.15) is 13.2 Å². The Balaban J connectivity index is 1.40. The summed E-state index contributed by atoms with van der Waals surface area (Å²) in [5.74, 6) is -0.377. The van der Waals surface area contributed by atoms with E-state index in [1.165, 1.54) is 6.07 Å². The number of hydrogen-bond acceptors (Lipinski definition) is 3. The standard InChI is InChI=1S/C27H26F3N3O2/c28-27(29,30)22-12-7-13-23(18-22)32-14-16-33(17-15-32)25(34)19-24(20-8-3-1-4-9-20)31-26(35)21-10-5-2-6-11-21/h1-13,18,24H,14-17,19H2,(H,31,35). The van der Waals surface area contributed by atoms with Crippen molar-refractivity contribution in [3.05, 3.63) is 102 Å². The predicted molar refractivity (Wildman–Crippen MR) is 128 cm³/mol. The molecule has 1 aliphatic heterocycles. The number of anilines is 1. The van der Waals surface area contributed by atoms with Gasteiger partial charge < -0.3 is 15.1 Å². The topological polar surface area (TPSA) is 52.7 Å². The number of carbonyl (C=O) groups is 2. The molecule has 5 nitrogen and oxygen atoms in total. The van der Waals surface area contributed by atoms with Crippen LogP contribution in [0, 0.1) is 0 Å². The summed E-state index contributed by atoms with van der Waals surface area (Å²) in [4.78, 5) is 29.5. The van der Waals surface area contributed by atoms with E-state index in [4.69, 9.17) is 0 Å². The van der Waals surface area contributed by atoms with E-state index in [9.17, 15) is 22.8 Å². The van der Waals surface area contributed by atoms with Gasteiger partial charge in [0.25, 0.3) is 5.91 Å². The molecule has 1 heterocycles. The summed E-state index contributed by atoms with van der Waals surface area (Å²) in [5.41, 5.74) is 1.14. The van der Waals surface area contributed by atoms with E-state index in [0.717, 1.165) is 17.7 Å². The van der Waals surface area contributed by atoms with Crippen LogP contribution in [-0.2, 0) is 11.0 Å². The minimum atomic E-state index is -4.40. The van der Waals surface area contributed by atoms with Gasteiger partial charge in [-0.3, -0.25) is 9.59 Å². The summed E-state index contributed by atoms with van der Waals surface area (Å²) in [6.45, 7) is 1.64. The molecule has 0 bridgehead atoms. The van der Waals surface area contributed by atoms with E-state index in [2.05, 4.69) is 5.32 Å². The number of piperazine rings is 1. The lowest BCUT2D eigenvalue weighted by Crippen LogP contribution is -2.49. The molecule has 3 aromatic rings. The second-order valence-corrected chi connectivity index (χ2v) is 8.42. The molecular formula is C27H26F3N3O2. The first-order valence-corrected chi connectivity index (χ1v) is 11.4. The Hall–Kier alpha value is -3.81. The third-order valence-corrected chi connectivity index (χ3v) is 6.09. The normalized spacial score (nSPS) is 14.9. The first kappa shape index (κ1) is 24.3. The van der Waals surface area contributed by atoms with Crippen molar-refractivity contribution in [2.75, 3.05) is 31.1 Å². The first-order valence-electron chi connectivity index (χ1n) is 11.4. The van der Waals surface area contributed by atoms with E-state index in [1.807, 2.05) is 41.3 Å². The van der Waals surface area contributed by atoms with Crippen molar-refractivity contribution < 1.29 is 22.8 Å². The average molecular weight is 482 g/mol. The molecule has 1 fully saturated rings. The van der Waals surface area contributed by atoms with Crippen LogP contribution in [0.15, 0.2) is 84.9 Å². The summed E-state index contributed by atoms with van der Waals surface area (Å²) >= 11 is 0. The summed E-state index contributed by atoms with van der Waals surface area (Å²) in [6.07, 6.45) is -4.31. The molecule has 8 heteroatoms. The summed E-state index contributed by atoms with van der Waals surface area (Å²) in [7, 11) is 0.